The van der Waals surface area contributed by atoms with E-state index in [1.807, 2.05) is 6.92 Å². The molecule has 0 atom stereocenters. The van der Waals surface area contributed by atoms with Crippen molar-refractivity contribution in [1.82, 2.24) is 0 Å². The normalized spacial score (nSPS) is 13.6. The first kappa shape index (κ1) is 8.02. The molecule has 0 spiro atoms. The summed E-state index contributed by atoms with van der Waals surface area (Å²) < 4.78 is 0. The van der Waals surface area contributed by atoms with Crippen molar-refractivity contribution in [1.29, 1.82) is 0 Å². The van der Waals surface area contributed by atoms with Gasteiger partial charge in [-0.15, -0.1) is 0 Å². The van der Waals surface area contributed by atoms with E-state index >= 15 is 0 Å². The van der Waals surface area contributed by atoms with Crippen molar-refractivity contribution in [2.75, 3.05) is 0 Å². The fraction of sp³-hybridized carbons (Fsp3) is 0.250. The molecule has 0 rings (SSSR count). The lowest BCUT2D eigenvalue weighted by Crippen LogP contribution is -1.73. The van der Waals surface area contributed by atoms with Gasteiger partial charge in [0.25, 0.3) is 0 Å². The molecule has 0 aliphatic carbocycles. The van der Waals surface area contributed by atoms with Gasteiger partial charge in [0.05, 0.1) is 0 Å². The van der Waals surface area contributed by atoms with Crippen LogP contribution in [0, 0.1) is 0 Å². The Morgan fingerprint density at radius 1 is 1.56 bits per heavy atom. The Labute approximate surface area is 56.0 Å². The molecule has 0 fully saturated rings. The van der Waals surface area contributed by atoms with Crippen molar-refractivity contribution in [3.8, 4) is 0 Å². The van der Waals surface area contributed by atoms with Crippen LogP contribution in [0.5, 0.6) is 0 Å². The summed E-state index contributed by atoms with van der Waals surface area (Å²) in [6.45, 7) is 7.20. The highest BCUT2D eigenvalue weighted by Gasteiger charge is 1.82. The molecular weight excluding hydrogens is 112 g/mol. The monoisotopic (exact) mass is 124 g/mol. The summed E-state index contributed by atoms with van der Waals surface area (Å²) in [7, 11) is 0. The number of hydrogen-bond acceptors (Lipinski definition) is 1. The van der Waals surface area contributed by atoms with Crippen LogP contribution in [0.25, 0.3) is 0 Å². The Bertz CT molecular complexity index is 152. The number of aliphatic hydroxyl groups is 1. The van der Waals surface area contributed by atoms with Crippen LogP contribution < -0.4 is 0 Å². The topological polar surface area (TPSA) is 20.2 Å². The second-order valence-corrected chi connectivity index (χ2v) is 1.81. The van der Waals surface area contributed by atoms with Gasteiger partial charge in [0.15, 0.2) is 0 Å². The first-order chi connectivity index (χ1) is 4.20. The van der Waals surface area contributed by atoms with E-state index in [4.69, 9.17) is 5.11 Å². The van der Waals surface area contributed by atoms with Gasteiger partial charge in [-0.1, -0.05) is 12.7 Å². The van der Waals surface area contributed by atoms with Crippen LogP contribution in [0.3, 0.4) is 0 Å². The predicted octanol–water partition coefficient (Wildman–Crippen LogP) is 2.58. The maximum atomic E-state index is 8.90. The summed E-state index contributed by atoms with van der Waals surface area (Å²) in [5, 5.41) is 8.90. The molecule has 0 bridgehead atoms. The molecule has 0 heterocycles. The average Bonchev–Trinajstić information content (AvgIpc) is 1.87. The summed E-state index contributed by atoms with van der Waals surface area (Å²) in [6.07, 6.45) is 4.99. The minimum Gasteiger partial charge on any atom is -0.508 e. The van der Waals surface area contributed by atoms with Gasteiger partial charge in [-0.05, 0) is 31.6 Å². The molecule has 0 saturated carbocycles. The van der Waals surface area contributed by atoms with Gasteiger partial charge in [0, 0.05) is 0 Å². The van der Waals surface area contributed by atoms with E-state index in [0.717, 1.165) is 5.57 Å². The number of rotatable bonds is 2. The molecular formula is C8H12O. The Morgan fingerprint density at radius 3 is 2.44 bits per heavy atom. The van der Waals surface area contributed by atoms with Crippen molar-refractivity contribution in [2.45, 2.75) is 13.8 Å². The zero-order valence-corrected chi connectivity index (χ0v) is 5.89. The summed E-state index contributed by atoms with van der Waals surface area (Å²) in [6, 6.07) is 0. The zero-order valence-electron chi connectivity index (χ0n) is 5.89. The van der Waals surface area contributed by atoms with Crippen LogP contribution >= 0.6 is 0 Å². The van der Waals surface area contributed by atoms with E-state index in [-0.39, 0.29) is 5.76 Å². The molecule has 0 unspecified atom stereocenters. The molecule has 1 nitrogen and oxygen atoms in total. The summed E-state index contributed by atoms with van der Waals surface area (Å²) >= 11 is 0. The van der Waals surface area contributed by atoms with Gasteiger partial charge in [-0.3, -0.25) is 0 Å². The molecule has 0 aromatic heterocycles. The molecule has 0 amide bonds. The molecule has 0 saturated heterocycles. The second-order valence-electron chi connectivity index (χ2n) is 1.81. The van der Waals surface area contributed by atoms with Gasteiger partial charge < -0.3 is 5.11 Å². The van der Waals surface area contributed by atoms with Crippen molar-refractivity contribution >= 4 is 0 Å². The van der Waals surface area contributed by atoms with Gasteiger partial charge >= 0.3 is 0 Å². The quantitative estimate of drug-likeness (QED) is 0.443. The third kappa shape index (κ3) is 3.59. The standard InChI is InChI=1S/C8H12O/c1-4-7(3)6-8(9)5-2/h4-6,9H,1H2,2-3H3/b7-6-,8-5+. The van der Waals surface area contributed by atoms with Crippen LogP contribution in [-0.4, -0.2) is 5.11 Å². The lowest BCUT2D eigenvalue weighted by atomic mass is 10.2. The number of allylic oxidation sites excluding steroid dienone is 4. The highest BCUT2D eigenvalue weighted by Crippen LogP contribution is 1.98. The number of aliphatic hydroxyl groups excluding tert-OH is 1. The van der Waals surface area contributed by atoms with Gasteiger partial charge in [0.1, 0.15) is 5.76 Å². The molecule has 0 aromatic rings. The van der Waals surface area contributed by atoms with Crippen LogP contribution in [0.4, 0.5) is 0 Å². The summed E-state index contributed by atoms with van der Waals surface area (Å²) in [5.74, 6) is 0.285. The molecule has 0 radical (unpaired) electrons. The fourth-order valence-corrected chi connectivity index (χ4v) is 0.376. The lowest BCUT2D eigenvalue weighted by molar-refractivity contribution is 0.431. The van der Waals surface area contributed by atoms with E-state index in [9.17, 15) is 0 Å². The van der Waals surface area contributed by atoms with Gasteiger partial charge in [-0.2, -0.15) is 0 Å². The molecule has 50 valence electrons. The van der Waals surface area contributed by atoms with E-state index < -0.39 is 0 Å². The Kier molecular flexibility index (Phi) is 3.52. The SMILES string of the molecule is C=C/C(C)=C\C(O)=C/C. The fourth-order valence-electron chi connectivity index (χ4n) is 0.376. The highest BCUT2D eigenvalue weighted by atomic mass is 16.3. The van der Waals surface area contributed by atoms with Gasteiger partial charge in [-0.25, -0.2) is 0 Å². The minimum atomic E-state index is 0.285. The van der Waals surface area contributed by atoms with E-state index in [2.05, 4.69) is 6.58 Å². The Morgan fingerprint density at radius 2 is 2.11 bits per heavy atom. The molecule has 0 aliphatic heterocycles. The van der Waals surface area contributed by atoms with Gasteiger partial charge in [0.2, 0.25) is 0 Å². The van der Waals surface area contributed by atoms with Crippen LogP contribution in [0.1, 0.15) is 13.8 Å². The average molecular weight is 124 g/mol. The summed E-state index contributed by atoms with van der Waals surface area (Å²) in [4.78, 5) is 0. The molecule has 1 heteroatoms. The van der Waals surface area contributed by atoms with Crippen molar-refractivity contribution < 1.29 is 5.11 Å². The molecule has 0 aromatic carbocycles. The maximum Gasteiger partial charge on any atom is 0.111 e. The minimum absolute atomic E-state index is 0.285. The smallest absolute Gasteiger partial charge is 0.111 e. The first-order valence-electron chi connectivity index (χ1n) is 2.86. The molecule has 9 heavy (non-hydrogen) atoms. The van der Waals surface area contributed by atoms with Crippen LogP contribution in [-0.2, 0) is 0 Å². The van der Waals surface area contributed by atoms with E-state index in [0.29, 0.717) is 0 Å². The lowest BCUT2D eigenvalue weighted by Gasteiger charge is -1.89. The second kappa shape index (κ2) is 3.96. The summed E-state index contributed by atoms with van der Waals surface area (Å²) in [5.41, 5.74) is 0.964. The van der Waals surface area contributed by atoms with E-state index in [1.165, 1.54) is 0 Å². The van der Waals surface area contributed by atoms with Crippen molar-refractivity contribution in [3.63, 3.8) is 0 Å². The van der Waals surface area contributed by atoms with Crippen LogP contribution in [0.2, 0.25) is 0 Å². The van der Waals surface area contributed by atoms with E-state index in [1.54, 1.807) is 25.2 Å². The third-order valence-electron chi connectivity index (χ3n) is 0.993. The van der Waals surface area contributed by atoms with Crippen molar-refractivity contribution in [2.24, 2.45) is 0 Å². The van der Waals surface area contributed by atoms with Crippen LogP contribution in [0.15, 0.2) is 36.1 Å². The highest BCUT2D eigenvalue weighted by molar-refractivity contribution is 5.22. The van der Waals surface area contributed by atoms with Crippen molar-refractivity contribution in [3.05, 3.63) is 36.1 Å². The third-order valence-corrected chi connectivity index (χ3v) is 0.993. The molecule has 1 N–H and O–H groups in total. The maximum absolute atomic E-state index is 8.90. The Hall–Kier alpha value is -0.980. The molecule has 0 aliphatic rings. The zero-order chi connectivity index (χ0) is 7.28. The largest absolute Gasteiger partial charge is 0.508 e. The predicted molar refractivity (Wildman–Crippen MR) is 40.3 cm³/mol. The first-order valence-corrected chi connectivity index (χ1v) is 2.86. The number of hydrogen-bond donors (Lipinski definition) is 1. The Balaban J connectivity index is 4.11.